The van der Waals surface area contributed by atoms with Crippen LogP contribution in [0.5, 0.6) is 0 Å². The van der Waals surface area contributed by atoms with Gasteiger partial charge in [0.1, 0.15) is 0 Å². The number of H-pyrrole nitrogens is 1. The van der Waals surface area contributed by atoms with E-state index >= 15 is 0 Å². The summed E-state index contributed by atoms with van der Waals surface area (Å²) in [6.07, 6.45) is 3.07. The first-order valence-electron chi connectivity index (χ1n) is 5.00. The fourth-order valence-electron chi connectivity index (χ4n) is 1.24. The Bertz CT molecular complexity index is 309. The van der Waals surface area contributed by atoms with Crippen molar-refractivity contribution in [3.8, 4) is 0 Å². The first kappa shape index (κ1) is 11.7. The highest BCUT2D eigenvalue weighted by atomic mass is 16.5. The minimum Gasteiger partial charge on any atom is -0.469 e. The van der Waals surface area contributed by atoms with E-state index in [0.717, 1.165) is 30.8 Å². The number of aryl methyl sites for hydroxylation is 1. The third-order valence-corrected chi connectivity index (χ3v) is 2.21. The summed E-state index contributed by atoms with van der Waals surface area (Å²) >= 11 is 0. The number of carbonyl (C=O) groups is 1. The lowest BCUT2D eigenvalue weighted by atomic mass is 10.2. The molecule has 0 fully saturated rings. The van der Waals surface area contributed by atoms with Crippen molar-refractivity contribution in [2.45, 2.75) is 26.3 Å². The van der Waals surface area contributed by atoms with Gasteiger partial charge in [-0.15, -0.1) is 0 Å². The fraction of sp³-hybridized carbons (Fsp3) is 0.600. The van der Waals surface area contributed by atoms with Crippen molar-refractivity contribution in [1.82, 2.24) is 15.5 Å². The Morgan fingerprint density at radius 1 is 1.67 bits per heavy atom. The average Bonchev–Trinajstić information content (AvgIpc) is 2.63. The minimum absolute atomic E-state index is 0.156. The van der Waals surface area contributed by atoms with Gasteiger partial charge in [-0.05, 0) is 19.9 Å². The molecule has 1 heterocycles. The van der Waals surface area contributed by atoms with Crippen molar-refractivity contribution >= 4 is 5.97 Å². The van der Waals surface area contributed by atoms with Crippen molar-refractivity contribution in [3.63, 3.8) is 0 Å². The summed E-state index contributed by atoms with van der Waals surface area (Å²) in [5.74, 6) is -0.156. The van der Waals surface area contributed by atoms with E-state index < -0.39 is 0 Å². The maximum atomic E-state index is 10.8. The Hall–Kier alpha value is -1.36. The molecule has 0 amide bonds. The zero-order valence-corrected chi connectivity index (χ0v) is 9.17. The smallest absolute Gasteiger partial charge is 0.305 e. The molecule has 0 unspecified atom stereocenters. The SMILES string of the molecule is COC(=O)CCCNCc1cn[nH]c1C. The number of esters is 1. The van der Waals surface area contributed by atoms with Crippen LogP contribution < -0.4 is 5.32 Å². The van der Waals surface area contributed by atoms with E-state index in [2.05, 4.69) is 20.3 Å². The van der Waals surface area contributed by atoms with Gasteiger partial charge < -0.3 is 10.1 Å². The Labute approximate surface area is 89.2 Å². The zero-order valence-electron chi connectivity index (χ0n) is 9.17. The second kappa shape index (κ2) is 6.19. The van der Waals surface area contributed by atoms with Gasteiger partial charge in [0.25, 0.3) is 0 Å². The monoisotopic (exact) mass is 211 g/mol. The summed E-state index contributed by atoms with van der Waals surface area (Å²) in [5.41, 5.74) is 2.24. The normalized spacial score (nSPS) is 10.3. The van der Waals surface area contributed by atoms with Gasteiger partial charge in [0.2, 0.25) is 0 Å². The molecule has 1 aromatic rings. The second-order valence-electron chi connectivity index (χ2n) is 3.38. The van der Waals surface area contributed by atoms with E-state index in [1.165, 1.54) is 7.11 Å². The molecule has 0 spiro atoms. The average molecular weight is 211 g/mol. The molecule has 0 saturated carbocycles. The van der Waals surface area contributed by atoms with E-state index in [0.29, 0.717) is 6.42 Å². The molecule has 0 aromatic carbocycles. The number of aromatic nitrogens is 2. The maximum Gasteiger partial charge on any atom is 0.305 e. The van der Waals surface area contributed by atoms with Gasteiger partial charge in [-0.3, -0.25) is 9.89 Å². The van der Waals surface area contributed by atoms with Crippen LogP contribution in [0, 0.1) is 6.92 Å². The first-order valence-corrected chi connectivity index (χ1v) is 5.00. The van der Waals surface area contributed by atoms with Crippen molar-refractivity contribution in [2.75, 3.05) is 13.7 Å². The third-order valence-electron chi connectivity index (χ3n) is 2.21. The number of nitrogens with zero attached hydrogens (tertiary/aromatic N) is 1. The predicted molar refractivity (Wildman–Crippen MR) is 56.3 cm³/mol. The summed E-state index contributed by atoms with van der Waals surface area (Å²) in [5, 5.41) is 10.0. The molecule has 0 aliphatic carbocycles. The van der Waals surface area contributed by atoms with Crippen LogP contribution in [-0.4, -0.2) is 29.8 Å². The highest BCUT2D eigenvalue weighted by Gasteiger charge is 2.01. The van der Waals surface area contributed by atoms with Gasteiger partial charge in [-0.25, -0.2) is 0 Å². The largest absolute Gasteiger partial charge is 0.469 e. The number of methoxy groups -OCH3 is 1. The summed E-state index contributed by atoms with van der Waals surface area (Å²) in [6.45, 7) is 3.57. The van der Waals surface area contributed by atoms with Gasteiger partial charge in [0, 0.05) is 24.2 Å². The minimum atomic E-state index is -0.156. The van der Waals surface area contributed by atoms with Gasteiger partial charge in [-0.2, -0.15) is 5.10 Å². The van der Waals surface area contributed by atoms with Crippen LogP contribution in [0.1, 0.15) is 24.1 Å². The molecule has 0 radical (unpaired) electrons. The molecular weight excluding hydrogens is 194 g/mol. The standard InChI is InChI=1S/C10H17N3O2/c1-8-9(7-12-13-8)6-11-5-3-4-10(14)15-2/h7,11H,3-6H2,1-2H3,(H,12,13). The molecule has 15 heavy (non-hydrogen) atoms. The van der Waals surface area contributed by atoms with Crippen molar-refractivity contribution in [1.29, 1.82) is 0 Å². The number of ether oxygens (including phenoxy) is 1. The van der Waals surface area contributed by atoms with Gasteiger partial charge >= 0.3 is 5.97 Å². The molecule has 1 rings (SSSR count). The Kier molecular flexibility index (Phi) is 4.83. The van der Waals surface area contributed by atoms with Gasteiger partial charge in [0.05, 0.1) is 13.3 Å². The fourth-order valence-corrected chi connectivity index (χ4v) is 1.24. The third kappa shape index (κ3) is 4.12. The molecule has 2 N–H and O–H groups in total. The number of rotatable bonds is 6. The first-order chi connectivity index (χ1) is 7.24. The number of aromatic amines is 1. The van der Waals surface area contributed by atoms with E-state index in [9.17, 15) is 4.79 Å². The van der Waals surface area contributed by atoms with Crippen molar-refractivity contribution in [3.05, 3.63) is 17.5 Å². The number of carbonyl (C=O) groups excluding carboxylic acids is 1. The summed E-state index contributed by atoms with van der Waals surface area (Å²) in [7, 11) is 1.41. The highest BCUT2D eigenvalue weighted by molar-refractivity contribution is 5.69. The molecule has 5 heteroatoms. The van der Waals surface area contributed by atoms with Crippen LogP contribution in [-0.2, 0) is 16.1 Å². The number of hydrogen-bond donors (Lipinski definition) is 2. The highest BCUT2D eigenvalue weighted by Crippen LogP contribution is 2.01. The van der Waals surface area contributed by atoms with E-state index in [1.807, 2.05) is 13.1 Å². The lowest BCUT2D eigenvalue weighted by molar-refractivity contribution is -0.140. The zero-order chi connectivity index (χ0) is 11.1. The Morgan fingerprint density at radius 2 is 2.47 bits per heavy atom. The topological polar surface area (TPSA) is 67.0 Å². The maximum absolute atomic E-state index is 10.8. The molecule has 84 valence electrons. The number of nitrogens with one attached hydrogen (secondary N) is 2. The second-order valence-corrected chi connectivity index (χ2v) is 3.38. The van der Waals surface area contributed by atoms with Crippen LogP contribution in [0.4, 0.5) is 0 Å². The molecule has 0 aliphatic rings. The molecular formula is C10H17N3O2. The van der Waals surface area contributed by atoms with Crippen LogP contribution in [0.3, 0.4) is 0 Å². The summed E-state index contributed by atoms with van der Waals surface area (Å²) in [6, 6.07) is 0. The van der Waals surface area contributed by atoms with Crippen molar-refractivity contribution in [2.24, 2.45) is 0 Å². The van der Waals surface area contributed by atoms with E-state index in [4.69, 9.17) is 0 Å². The Balaban J connectivity index is 2.07. The molecule has 1 aromatic heterocycles. The summed E-state index contributed by atoms with van der Waals surface area (Å²) in [4.78, 5) is 10.8. The quantitative estimate of drug-likeness (QED) is 0.538. The predicted octanol–water partition coefficient (Wildman–Crippen LogP) is 0.761. The van der Waals surface area contributed by atoms with Gasteiger partial charge in [0.15, 0.2) is 0 Å². The van der Waals surface area contributed by atoms with E-state index in [1.54, 1.807) is 0 Å². The van der Waals surface area contributed by atoms with Crippen LogP contribution in [0.15, 0.2) is 6.20 Å². The molecule has 5 nitrogen and oxygen atoms in total. The number of hydrogen-bond acceptors (Lipinski definition) is 4. The van der Waals surface area contributed by atoms with Crippen LogP contribution in [0.25, 0.3) is 0 Å². The van der Waals surface area contributed by atoms with E-state index in [-0.39, 0.29) is 5.97 Å². The molecule has 0 bridgehead atoms. The van der Waals surface area contributed by atoms with Gasteiger partial charge in [-0.1, -0.05) is 0 Å². The Morgan fingerprint density at radius 3 is 3.07 bits per heavy atom. The lowest BCUT2D eigenvalue weighted by Crippen LogP contribution is -2.16. The summed E-state index contributed by atoms with van der Waals surface area (Å²) < 4.78 is 4.54. The molecule has 0 atom stereocenters. The van der Waals surface area contributed by atoms with Crippen molar-refractivity contribution < 1.29 is 9.53 Å². The van der Waals surface area contributed by atoms with Crippen LogP contribution in [0.2, 0.25) is 0 Å². The lowest BCUT2D eigenvalue weighted by Gasteiger charge is -2.03. The molecule has 0 aliphatic heterocycles. The molecule has 0 saturated heterocycles. The van der Waals surface area contributed by atoms with Crippen LogP contribution >= 0.6 is 0 Å².